The number of nitriles is 6. The highest BCUT2D eigenvalue weighted by Crippen LogP contribution is 2.50. The van der Waals surface area contributed by atoms with Crippen molar-refractivity contribution in [1.29, 1.82) is 31.6 Å². The van der Waals surface area contributed by atoms with E-state index in [2.05, 4.69) is 24.3 Å². The van der Waals surface area contributed by atoms with Crippen LogP contribution < -0.4 is 0 Å². The first-order chi connectivity index (χ1) is 39.1. The van der Waals surface area contributed by atoms with Crippen LogP contribution in [0.2, 0.25) is 0 Å². The third-order valence-electron chi connectivity index (χ3n) is 13.9. The van der Waals surface area contributed by atoms with Gasteiger partial charge in [0.1, 0.15) is 0 Å². The third-order valence-corrected chi connectivity index (χ3v) is 13.9. The van der Waals surface area contributed by atoms with Crippen LogP contribution in [0.25, 0.3) is 106 Å². The number of aromatic nitrogens is 3. The lowest BCUT2D eigenvalue weighted by atomic mass is 9.88. The van der Waals surface area contributed by atoms with Crippen LogP contribution >= 0.6 is 0 Å². The maximum absolute atomic E-state index is 15.7. The first-order valence-electron chi connectivity index (χ1n) is 24.5. The average molecular weight is 1060 g/mol. The summed E-state index contributed by atoms with van der Waals surface area (Å²) in [5, 5.41) is 61.9. The number of hydrogen-bond donors (Lipinski definition) is 0. The second kappa shape index (κ2) is 20.4. The van der Waals surface area contributed by atoms with Gasteiger partial charge in [0, 0.05) is 49.7 Å². The summed E-state index contributed by atoms with van der Waals surface area (Å²) in [4.78, 5) is 9.86. The Morgan fingerprint density at radius 3 is 1.12 bits per heavy atom. The van der Waals surface area contributed by atoms with Crippen molar-refractivity contribution >= 4 is 21.8 Å². The molecule has 0 unspecified atom stereocenters. The van der Waals surface area contributed by atoms with E-state index in [1.54, 1.807) is 89.5 Å². The number of rotatable bonds is 8. The first kappa shape index (κ1) is 51.5. The molecule has 2 heterocycles. The second-order valence-corrected chi connectivity index (χ2v) is 18.6. The van der Waals surface area contributed by atoms with Crippen molar-refractivity contribution in [1.82, 2.24) is 14.5 Å². The van der Waals surface area contributed by atoms with Crippen molar-refractivity contribution in [3.05, 3.63) is 233 Å². The summed E-state index contributed by atoms with van der Waals surface area (Å²) in [5.74, 6) is 0.224. The molecule has 11 aromatic rings. The van der Waals surface area contributed by atoms with E-state index in [0.29, 0.717) is 27.6 Å². The molecule has 0 bridgehead atoms. The molecule has 9 aromatic carbocycles. The van der Waals surface area contributed by atoms with Crippen LogP contribution in [-0.2, 0) is 12.4 Å². The van der Waals surface area contributed by atoms with Crippen molar-refractivity contribution in [2.75, 3.05) is 0 Å². The standard InChI is InChI=1S/C66H31F6N9/c67-65(68,69)55-17-9-7-15-49(55)53-29-44(58-31-57(40-11-3-1-4-12-40)79-64(80-58)41-13-5-2-6-14-41)30-54(50-16-8-10-18-56(50)66(70,71)72)63(53)81-59-21-19-42(61-45(34-75)23-38(32-73)24-46(61)35-76)27-51(59)52-28-43(20-22-60(52)81)62-47(36-77)25-39(33-74)26-48(62)37-78/h1-31H. The zero-order chi connectivity index (χ0) is 56.7. The topological polar surface area (TPSA) is 173 Å². The van der Waals surface area contributed by atoms with Crippen molar-refractivity contribution in [3.8, 4) is 121 Å². The van der Waals surface area contributed by atoms with Gasteiger partial charge in [0.05, 0.1) is 109 Å². The number of hydrogen-bond acceptors (Lipinski definition) is 8. The Morgan fingerprint density at radius 2 is 0.728 bits per heavy atom. The molecule has 0 amide bonds. The van der Waals surface area contributed by atoms with E-state index in [4.69, 9.17) is 9.97 Å². The molecule has 0 atom stereocenters. The minimum absolute atomic E-state index is 0.0347. The zero-order valence-electron chi connectivity index (χ0n) is 41.7. The molecule has 0 aliphatic heterocycles. The molecule has 11 rings (SSSR count). The Labute approximate surface area is 457 Å². The maximum atomic E-state index is 15.7. The van der Waals surface area contributed by atoms with Crippen LogP contribution in [0.5, 0.6) is 0 Å². The van der Waals surface area contributed by atoms with E-state index in [-0.39, 0.29) is 101 Å². The van der Waals surface area contributed by atoms with E-state index < -0.39 is 34.6 Å². The first-order valence-corrected chi connectivity index (χ1v) is 24.5. The summed E-state index contributed by atoms with van der Waals surface area (Å²) in [7, 11) is 0. The Bertz CT molecular complexity index is 4330. The van der Waals surface area contributed by atoms with Crippen LogP contribution in [0.1, 0.15) is 44.5 Å². The summed E-state index contributed by atoms with van der Waals surface area (Å²) in [6.07, 6.45) is -10.0. The lowest BCUT2D eigenvalue weighted by molar-refractivity contribution is -0.137. The lowest BCUT2D eigenvalue weighted by Gasteiger charge is -2.24. The molecule has 0 fully saturated rings. The number of fused-ring (bicyclic) bond motifs is 3. The molecule has 0 radical (unpaired) electrons. The number of alkyl halides is 6. The average Bonchev–Trinajstić information content (AvgIpc) is 4.11. The summed E-state index contributed by atoms with van der Waals surface area (Å²) >= 11 is 0. The molecule has 0 spiro atoms. The van der Waals surface area contributed by atoms with Gasteiger partial charge in [0.2, 0.25) is 0 Å². The molecule has 0 saturated heterocycles. The van der Waals surface area contributed by atoms with Crippen LogP contribution in [0.3, 0.4) is 0 Å². The number of nitrogens with zero attached hydrogens (tertiary/aromatic N) is 9. The van der Waals surface area contributed by atoms with Crippen molar-refractivity contribution in [2.24, 2.45) is 0 Å². The van der Waals surface area contributed by atoms with Crippen LogP contribution in [-0.4, -0.2) is 14.5 Å². The van der Waals surface area contributed by atoms with Gasteiger partial charge >= 0.3 is 12.4 Å². The number of benzene rings is 9. The molecule has 15 heteroatoms. The molecule has 9 nitrogen and oxygen atoms in total. The van der Waals surface area contributed by atoms with Crippen LogP contribution in [0.4, 0.5) is 26.3 Å². The fourth-order valence-electron chi connectivity index (χ4n) is 10.4. The molecule has 382 valence electrons. The smallest absolute Gasteiger partial charge is 0.308 e. The van der Waals surface area contributed by atoms with Gasteiger partial charge in [-0.1, -0.05) is 109 Å². The van der Waals surface area contributed by atoms with E-state index in [1.165, 1.54) is 72.8 Å². The highest BCUT2D eigenvalue weighted by Gasteiger charge is 2.38. The quantitative estimate of drug-likeness (QED) is 0.135. The highest BCUT2D eigenvalue weighted by atomic mass is 19.4. The van der Waals surface area contributed by atoms with E-state index in [0.717, 1.165) is 12.1 Å². The highest BCUT2D eigenvalue weighted by molar-refractivity contribution is 6.13. The summed E-state index contributed by atoms with van der Waals surface area (Å²) in [5.41, 5.74) is -0.322. The van der Waals surface area contributed by atoms with Crippen molar-refractivity contribution in [3.63, 3.8) is 0 Å². The van der Waals surface area contributed by atoms with Crippen LogP contribution in [0.15, 0.2) is 188 Å². The van der Waals surface area contributed by atoms with E-state index >= 15 is 26.3 Å². The van der Waals surface area contributed by atoms with Gasteiger partial charge in [-0.15, -0.1) is 0 Å². The van der Waals surface area contributed by atoms with Gasteiger partial charge in [0.25, 0.3) is 0 Å². The van der Waals surface area contributed by atoms with Gasteiger partial charge in [0.15, 0.2) is 5.82 Å². The van der Waals surface area contributed by atoms with Gasteiger partial charge in [-0.05, 0) is 101 Å². The Hall–Kier alpha value is -11.6. The van der Waals surface area contributed by atoms with Gasteiger partial charge < -0.3 is 4.57 Å². The minimum Gasteiger partial charge on any atom is -0.308 e. The SMILES string of the molecule is N#Cc1cc(C#N)c(-c2ccc3c(c2)c2cc(-c4c(C#N)cc(C#N)cc4C#N)ccc2n3-c2c(-c3ccccc3C(F)(F)F)cc(-c3cc(-c4ccccc4)nc(-c4ccccc4)n3)cc2-c2ccccc2C(F)(F)F)c(C#N)c1. The Kier molecular flexibility index (Phi) is 13.0. The summed E-state index contributed by atoms with van der Waals surface area (Å²) in [6.45, 7) is 0. The monoisotopic (exact) mass is 1060 g/mol. The molecule has 0 N–H and O–H groups in total. The molecule has 81 heavy (non-hydrogen) atoms. The predicted molar refractivity (Wildman–Crippen MR) is 293 cm³/mol. The van der Waals surface area contributed by atoms with Gasteiger partial charge in [-0.3, -0.25) is 0 Å². The normalized spacial score (nSPS) is 11.3. The minimum atomic E-state index is -5.01. The van der Waals surface area contributed by atoms with Crippen LogP contribution in [0, 0.1) is 68.0 Å². The van der Waals surface area contributed by atoms with Crippen molar-refractivity contribution in [2.45, 2.75) is 12.4 Å². The molecular formula is C66H31F6N9. The number of halogens is 6. The predicted octanol–water partition coefficient (Wildman–Crippen LogP) is 16.5. The molecule has 2 aromatic heterocycles. The van der Waals surface area contributed by atoms with E-state index in [9.17, 15) is 31.6 Å². The van der Waals surface area contributed by atoms with E-state index in [1.807, 2.05) is 30.3 Å². The fourth-order valence-corrected chi connectivity index (χ4v) is 10.4. The lowest BCUT2D eigenvalue weighted by Crippen LogP contribution is -2.11. The third kappa shape index (κ3) is 9.26. The largest absolute Gasteiger partial charge is 0.417 e. The zero-order valence-corrected chi connectivity index (χ0v) is 41.7. The summed E-state index contributed by atoms with van der Waals surface area (Å²) < 4.78 is 95.8. The fraction of sp³-hybridized carbons (Fsp3) is 0.0303. The van der Waals surface area contributed by atoms with Gasteiger partial charge in [-0.25, -0.2) is 9.97 Å². The summed E-state index contributed by atoms with van der Waals surface area (Å²) in [6, 6.07) is 59.0. The molecule has 0 saturated carbocycles. The Balaban J connectivity index is 1.34. The second-order valence-electron chi connectivity index (χ2n) is 18.6. The van der Waals surface area contributed by atoms with Gasteiger partial charge in [-0.2, -0.15) is 57.9 Å². The maximum Gasteiger partial charge on any atom is 0.417 e. The Morgan fingerprint density at radius 1 is 0.346 bits per heavy atom. The molecule has 0 aliphatic rings. The van der Waals surface area contributed by atoms with Crippen molar-refractivity contribution < 1.29 is 26.3 Å². The molecular weight excluding hydrogens is 1030 g/mol. The molecule has 0 aliphatic carbocycles.